The van der Waals surface area contributed by atoms with Gasteiger partial charge in [0.25, 0.3) is 0 Å². The number of nitrogens with zero attached hydrogens (tertiary/aromatic N) is 1. The number of hydrogen-bond donors (Lipinski definition) is 2. The third kappa shape index (κ3) is 5.06. The van der Waals surface area contributed by atoms with E-state index in [1.54, 1.807) is 7.11 Å². The molecule has 0 saturated heterocycles. The Morgan fingerprint density at radius 1 is 1.00 bits per heavy atom. The zero-order valence-corrected chi connectivity index (χ0v) is 21.2. The second kappa shape index (κ2) is 9.92. The van der Waals surface area contributed by atoms with Gasteiger partial charge in [-0.3, -0.25) is 4.79 Å². The van der Waals surface area contributed by atoms with Gasteiger partial charge in [-0.05, 0) is 77.1 Å². The first-order chi connectivity index (χ1) is 18.1. The van der Waals surface area contributed by atoms with E-state index in [-0.39, 0.29) is 17.9 Å². The Kier molecular flexibility index (Phi) is 6.33. The Balaban J connectivity index is 1.23. The van der Waals surface area contributed by atoms with Gasteiger partial charge in [-0.1, -0.05) is 54.6 Å². The number of benzene rings is 3. The Morgan fingerprint density at radius 2 is 1.84 bits per heavy atom. The highest BCUT2D eigenvalue weighted by Crippen LogP contribution is 2.47. The van der Waals surface area contributed by atoms with Crippen molar-refractivity contribution in [2.24, 2.45) is 5.92 Å². The molecule has 6 rings (SSSR count). The molecule has 2 atom stereocenters. The van der Waals surface area contributed by atoms with Crippen molar-refractivity contribution in [3.8, 4) is 16.9 Å². The third-order valence-electron chi connectivity index (χ3n) is 7.89. The third-order valence-corrected chi connectivity index (χ3v) is 7.89. The van der Waals surface area contributed by atoms with Gasteiger partial charge in [0.05, 0.1) is 7.11 Å². The summed E-state index contributed by atoms with van der Waals surface area (Å²) < 4.78 is 5.46. The largest absolute Gasteiger partial charge is 0.497 e. The van der Waals surface area contributed by atoms with Crippen molar-refractivity contribution in [1.29, 1.82) is 0 Å². The van der Waals surface area contributed by atoms with E-state index in [0.29, 0.717) is 31.6 Å². The number of hydrogen-bond acceptors (Lipinski definition) is 3. The predicted molar refractivity (Wildman–Crippen MR) is 143 cm³/mol. The molecular formula is C31H33N3O3. The van der Waals surface area contributed by atoms with Crippen LogP contribution in [0.2, 0.25) is 0 Å². The first-order valence-corrected chi connectivity index (χ1v) is 13.3. The van der Waals surface area contributed by atoms with Gasteiger partial charge in [0.1, 0.15) is 5.75 Å². The zero-order chi connectivity index (χ0) is 25.4. The molecule has 6 nitrogen and oxygen atoms in total. The highest BCUT2D eigenvalue weighted by molar-refractivity contribution is 5.83. The van der Waals surface area contributed by atoms with Crippen molar-refractivity contribution >= 4 is 11.9 Å². The maximum atomic E-state index is 13.0. The first kappa shape index (κ1) is 23.6. The van der Waals surface area contributed by atoms with Crippen molar-refractivity contribution in [3.05, 3.63) is 89.0 Å². The molecule has 2 N–H and O–H groups in total. The average molecular weight is 496 g/mol. The molecule has 0 spiro atoms. The Labute approximate surface area is 218 Å². The molecule has 6 heteroatoms. The number of carbonyl (C=O) groups excluding carboxylic acids is 2. The van der Waals surface area contributed by atoms with E-state index in [1.165, 1.54) is 11.1 Å². The fraction of sp³-hybridized carbons (Fsp3) is 0.355. The van der Waals surface area contributed by atoms with Gasteiger partial charge >= 0.3 is 6.03 Å². The summed E-state index contributed by atoms with van der Waals surface area (Å²) in [6.45, 7) is 1.70. The van der Waals surface area contributed by atoms with Crippen LogP contribution < -0.4 is 15.4 Å². The number of rotatable bonds is 7. The number of nitrogens with one attached hydrogen (secondary N) is 2. The van der Waals surface area contributed by atoms with Gasteiger partial charge in [-0.2, -0.15) is 0 Å². The SMILES string of the molecule is COc1cccc(-c2ccc(CNC(=O)[C@@H]3C[C@H]3c3ccccc3)c3c2CCN(C(=O)NC2CC2)C3)c1. The van der Waals surface area contributed by atoms with E-state index in [2.05, 4.69) is 47.0 Å². The smallest absolute Gasteiger partial charge is 0.317 e. The molecule has 0 unspecified atom stereocenters. The molecule has 1 aliphatic heterocycles. The fourth-order valence-corrected chi connectivity index (χ4v) is 5.50. The standard InChI is InChI=1S/C31H33N3O3/c1-37-24-9-5-8-21(16-24)25-13-10-22(18-32-30(35)28-17-27(28)20-6-3-2-4-7-20)29-19-34(15-14-26(25)29)31(36)33-23-11-12-23/h2-10,13,16,23,27-28H,11-12,14-15,17-19H2,1H3,(H,32,35)(H,33,36)/t27-,28+/m0/s1. The van der Waals surface area contributed by atoms with Crippen molar-refractivity contribution in [2.45, 2.75) is 50.7 Å². The molecule has 2 aliphatic carbocycles. The monoisotopic (exact) mass is 495 g/mol. The van der Waals surface area contributed by atoms with Crippen LogP contribution in [0.1, 0.15) is 47.4 Å². The van der Waals surface area contributed by atoms with Crippen LogP contribution in [0.25, 0.3) is 11.1 Å². The van der Waals surface area contributed by atoms with Crippen LogP contribution in [0.15, 0.2) is 66.7 Å². The predicted octanol–water partition coefficient (Wildman–Crippen LogP) is 5.01. The lowest BCUT2D eigenvalue weighted by Crippen LogP contribution is -2.44. The van der Waals surface area contributed by atoms with Crippen LogP contribution in [0.5, 0.6) is 5.75 Å². The number of fused-ring (bicyclic) bond motifs is 1. The summed E-state index contributed by atoms with van der Waals surface area (Å²) in [5.41, 5.74) is 6.98. The summed E-state index contributed by atoms with van der Waals surface area (Å²) in [6, 6.07) is 23.0. The van der Waals surface area contributed by atoms with Crippen LogP contribution in [0.4, 0.5) is 4.79 Å². The second-order valence-corrected chi connectivity index (χ2v) is 10.4. The quantitative estimate of drug-likeness (QED) is 0.484. The molecule has 3 amide bonds. The Hall–Kier alpha value is -3.80. The molecule has 190 valence electrons. The molecule has 0 aromatic heterocycles. The molecule has 0 radical (unpaired) electrons. The zero-order valence-electron chi connectivity index (χ0n) is 21.2. The molecule has 2 fully saturated rings. The maximum absolute atomic E-state index is 13.0. The number of amides is 3. The average Bonchev–Trinajstić information content (AvgIpc) is 3.87. The van der Waals surface area contributed by atoms with E-state index in [0.717, 1.165) is 53.7 Å². The summed E-state index contributed by atoms with van der Waals surface area (Å²) in [5, 5.41) is 6.33. The lowest BCUT2D eigenvalue weighted by atomic mass is 9.87. The maximum Gasteiger partial charge on any atom is 0.317 e. The topological polar surface area (TPSA) is 70.7 Å². The van der Waals surface area contributed by atoms with Crippen LogP contribution >= 0.6 is 0 Å². The van der Waals surface area contributed by atoms with Crippen LogP contribution in [-0.4, -0.2) is 36.5 Å². The van der Waals surface area contributed by atoms with Crippen molar-refractivity contribution < 1.29 is 14.3 Å². The molecule has 0 bridgehead atoms. The molecular weight excluding hydrogens is 462 g/mol. The summed E-state index contributed by atoms with van der Waals surface area (Å²) in [6.07, 6.45) is 3.81. The number of urea groups is 1. The first-order valence-electron chi connectivity index (χ1n) is 13.3. The normalized spacial score (nSPS) is 20.1. The minimum absolute atomic E-state index is 0.0126. The van der Waals surface area contributed by atoms with Gasteiger partial charge in [0.15, 0.2) is 0 Å². The van der Waals surface area contributed by atoms with Gasteiger partial charge in [0, 0.05) is 31.6 Å². The Bertz CT molecular complexity index is 1320. The fourth-order valence-electron chi connectivity index (χ4n) is 5.50. The van der Waals surface area contributed by atoms with Gasteiger partial charge in [0.2, 0.25) is 5.91 Å². The molecule has 2 saturated carbocycles. The lowest BCUT2D eigenvalue weighted by molar-refractivity contribution is -0.122. The highest BCUT2D eigenvalue weighted by atomic mass is 16.5. The Morgan fingerprint density at radius 3 is 2.62 bits per heavy atom. The number of ether oxygens (including phenoxy) is 1. The summed E-state index contributed by atoms with van der Waals surface area (Å²) in [7, 11) is 1.68. The summed E-state index contributed by atoms with van der Waals surface area (Å²) in [4.78, 5) is 27.8. The molecule has 3 aromatic carbocycles. The molecule has 37 heavy (non-hydrogen) atoms. The minimum atomic E-state index is 0.0126. The van der Waals surface area contributed by atoms with Gasteiger partial charge < -0.3 is 20.3 Å². The summed E-state index contributed by atoms with van der Waals surface area (Å²) >= 11 is 0. The highest BCUT2D eigenvalue weighted by Gasteiger charge is 2.43. The van der Waals surface area contributed by atoms with Crippen molar-refractivity contribution in [3.63, 3.8) is 0 Å². The number of carbonyl (C=O) groups is 2. The van der Waals surface area contributed by atoms with E-state index in [1.807, 2.05) is 35.2 Å². The molecule has 3 aliphatic rings. The minimum Gasteiger partial charge on any atom is -0.497 e. The van der Waals surface area contributed by atoms with Crippen LogP contribution in [0, 0.1) is 5.92 Å². The van der Waals surface area contributed by atoms with Crippen molar-refractivity contribution in [1.82, 2.24) is 15.5 Å². The van der Waals surface area contributed by atoms with Crippen molar-refractivity contribution in [2.75, 3.05) is 13.7 Å². The second-order valence-electron chi connectivity index (χ2n) is 10.4. The lowest BCUT2D eigenvalue weighted by Gasteiger charge is -2.32. The van der Waals surface area contributed by atoms with Crippen LogP contribution in [0.3, 0.4) is 0 Å². The van der Waals surface area contributed by atoms with E-state index < -0.39 is 0 Å². The van der Waals surface area contributed by atoms with E-state index in [9.17, 15) is 9.59 Å². The molecule has 1 heterocycles. The summed E-state index contributed by atoms with van der Waals surface area (Å²) in [5.74, 6) is 1.28. The number of methoxy groups -OCH3 is 1. The van der Waals surface area contributed by atoms with E-state index >= 15 is 0 Å². The molecule has 3 aromatic rings. The van der Waals surface area contributed by atoms with Gasteiger partial charge in [-0.25, -0.2) is 4.79 Å². The van der Waals surface area contributed by atoms with Crippen LogP contribution in [-0.2, 0) is 24.3 Å². The van der Waals surface area contributed by atoms with Gasteiger partial charge in [-0.15, -0.1) is 0 Å². The van der Waals surface area contributed by atoms with E-state index in [4.69, 9.17) is 4.74 Å².